The molecule has 1 aromatic rings. The van der Waals surface area contributed by atoms with Crippen LogP contribution in [0.15, 0.2) is 24.3 Å². The Bertz CT molecular complexity index is 471. The van der Waals surface area contributed by atoms with Crippen LogP contribution < -0.4 is 0 Å². The SMILES string of the molecule is CCc1ccc(C2CCC(OCCC[Si](OC)(OC)OC)CC2)cc1. The molecular weight excluding hydrogens is 332 g/mol. The van der Waals surface area contributed by atoms with Crippen LogP contribution in [0.4, 0.5) is 0 Å². The van der Waals surface area contributed by atoms with Gasteiger partial charge in [-0.3, -0.25) is 0 Å². The number of rotatable bonds is 10. The van der Waals surface area contributed by atoms with Crippen LogP contribution in [0.5, 0.6) is 0 Å². The van der Waals surface area contributed by atoms with E-state index >= 15 is 0 Å². The Kier molecular flexibility index (Phi) is 8.59. The smallest absolute Gasteiger partial charge is 0.378 e. The van der Waals surface area contributed by atoms with Crippen molar-refractivity contribution >= 4 is 8.80 Å². The zero-order chi connectivity index (χ0) is 18.1. The molecule has 0 aliphatic heterocycles. The summed E-state index contributed by atoms with van der Waals surface area (Å²) in [7, 11) is 2.54. The van der Waals surface area contributed by atoms with Gasteiger partial charge in [0.25, 0.3) is 0 Å². The summed E-state index contributed by atoms with van der Waals surface area (Å²) in [6.07, 6.45) is 7.19. The molecule has 0 bridgehead atoms. The fourth-order valence-corrected chi connectivity index (χ4v) is 5.37. The third-order valence-corrected chi connectivity index (χ3v) is 8.28. The first-order chi connectivity index (χ1) is 12.2. The lowest BCUT2D eigenvalue weighted by Crippen LogP contribution is -2.42. The summed E-state index contributed by atoms with van der Waals surface area (Å²) < 4.78 is 22.4. The van der Waals surface area contributed by atoms with Gasteiger partial charge >= 0.3 is 8.80 Å². The molecule has 0 radical (unpaired) electrons. The Labute approximate surface area is 154 Å². The second-order valence-electron chi connectivity index (χ2n) is 6.84. The lowest BCUT2D eigenvalue weighted by Gasteiger charge is -2.29. The summed E-state index contributed by atoms with van der Waals surface area (Å²) in [5, 5.41) is 0. The Hall–Kier alpha value is -0.723. The average Bonchev–Trinajstić information content (AvgIpc) is 2.69. The fourth-order valence-electron chi connectivity index (χ4n) is 3.68. The van der Waals surface area contributed by atoms with E-state index < -0.39 is 8.80 Å². The largest absolute Gasteiger partial charge is 0.500 e. The molecule has 0 atom stereocenters. The molecule has 5 heteroatoms. The van der Waals surface area contributed by atoms with E-state index in [4.69, 9.17) is 18.0 Å². The Morgan fingerprint density at radius 1 is 0.920 bits per heavy atom. The van der Waals surface area contributed by atoms with Gasteiger partial charge in [-0.1, -0.05) is 31.2 Å². The van der Waals surface area contributed by atoms with Gasteiger partial charge in [0.2, 0.25) is 0 Å². The first-order valence-electron chi connectivity index (χ1n) is 9.52. The molecule has 142 valence electrons. The third-order valence-electron chi connectivity index (χ3n) is 5.45. The van der Waals surface area contributed by atoms with Gasteiger partial charge in [-0.15, -0.1) is 0 Å². The van der Waals surface area contributed by atoms with Crippen molar-refractivity contribution in [3.63, 3.8) is 0 Å². The minimum Gasteiger partial charge on any atom is -0.378 e. The van der Waals surface area contributed by atoms with Gasteiger partial charge in [0.1, 0.15) is 0 Å². The molecular formula is C20H34O4Si. The molecule has 0 heterocycles. The van der Waals surface area contributed by atoms with Crippen LogP contribution in [0.2, 0.25) is 6.04 Å². The highest BCUT2D eigenvalue weighted by Crippen LogP contribution is 2.34. The number of ether oxygens (including phenoxy) is 1. The van der Waals surface area contributed by atoms with E-state index in [2.05, 4.69) is 31.2 Å². The van der Waals surface area contributed by atoms with E-state index in [0.29, 0.717) is 12.0 Å². The molecule has 0 spiro atoms. The topological polar surface area (TPSA) is 36.9 Å². The Morgan fingerprint density at radius 2 is 1.52 bits per heavy atom. The summed E-state index contributed by atoms with van der Waals surface area (Å²) in [6.45, 7) is 2.96. The predicted molar refractivity (Wildman–Crippen MR) is 103 cm³/mol. The summed E-state index contributed by atoms with van der Waals surface area (Å²) >= 11 is 0. The lowest BCUT2D eigenvalue weighted by molar-refractivity contribution is 0.0225. The molecule has 0 saturated heterocycles. The van der Waals surface area contributed by atoms with Gasteiger partial charge in [0, 0.05) is 34.0 Å². The number of aryl methyl sites for hydroxylation is 1. The maximum Gasteiger partial charge on any atom is 0.500 e. The molecule has 2 rings (SSSR count). The Balaban J connectivity index is 1.68. The molecule has 0 N–H and O–H groups in total. The highest BCUT2D eigenvalue weighted by atomic mass is 28.4. The van der Waals surface area contributed by atoms with Gasteiger partial charge in [-0.25, -0.2) is 0 Å². The van der Waals surface area contributed by atoms with Gasteiger partial charge in [-0.05, 0) is 55.6 Å². The van der Waals surface area contributed by atoms with Gasteiger partial charge in [0.15, 0.2) is 0 Å². The maximum absolute atomic E-state index is 6.09. The van der Waals surface area contributed by atoms with Crippen molar-refractivity contribution in [1.82, 2.24) is 0 Å². The van der Waals surface area contributed by atoms with Crippen molar-refractivity contribution in [2.45, 2.75) is 63.5 Å². The lowest BCUT2D eigenvalue weighted by atomic mass is 9.82. The Morgan fingerprint density at radius 3 is 2.04 bits per heavy atom. The van der Waals surface area contributed by atoms with Crippen molar-refractivity contribution in [3.05, 3.63) is 35.4 Å². The van der Waals surface area contributed by atoms with Crippen LogP contribution in [0.1, 0.15) is 56.1 Å². The number of benzene rings is 1. The number of hydrogen-bond acceptors (Lipinski definition) is 4. The molecule has 1 aromatic carbocycles. The van der Waals surface area contributed by atoms with Crippen molar-refractivity contribution in [2.24, 2.45) is 0 Å². The monoisotopic (exact) mass is 366 g/mol. The molecule has 1 aliphatic rings. The molecule has 1 aliphatic carbocycles. The van der Waals surface area contributed by atoms with E-state index in [-0.39, 0.29) is 0 Å². The van der Waals surface area contributed by atoms with Crippen LogP contribution in [0.25, 0.3) is 0 Å². The van der Waals surface area contributed by atoms with E-state index in [1.54, 1.807) is 21.3 Å². The minimum atomic E-state index is -2.45. The summed E-state index contributed by atoms with van der Waals surface area (Å²) in [6, 6.07) is 9.98. The van der Waals surface area contributed by atoms with Crippen LogP contribution in [0, 0.1) is 0 Å². The standard InChI is InChI=1S/C20H34O4Si/c1-5-17-7-9-18(10-8-17)19-11-13-20(14-12-19)24-15-6-16-25(21-2,22-3)23-4/h7-10,19-20H,5-6,11-16H2,1-4H3. The average molecular weight is 367 g/mol. The van der Waals surface area contributed by atoms with Crippen molar-refractivity contribution in [2.75, 3.05) is 27.9 Å². The van der Waals surface area contributed by atoms with Gasteiger partial charge in [-0.2, -0.15) is 0 Å². The maximum atomic E-state index is 6.09. The van der Waals surface area contributed by atoms with Crippen molar-refractivity contribution in [1.29, 1.82) is 0 Å². The van der Waals surface area contributed by atoms with Crippen LogP contribution in [0.3, 0.4) is 0 Å². The van der Waals surface area contributed by atoms with Gasteiger partial charge < -0.3 is 18.0 Å². The van der Waals surface area contributed by atoms with E-state index in [9.17, 15) is 0 Å². The molecule has 4 nitrogen and oxygen atoms in total. The molecule has 25 heavy (non-hydrogen) atoms. The van der Waals surface area contributed by atoms with Crippen LogP contribution in [-0.4, -0.2) is 42.8 Å². The predicted octanol–water partition coefficient (Wildman–Crippen LogP) is 4.56. The minimum absolute atomic E-state index is 0.398. The fraction of sp³-hybridized carbons (Fsp3) is 0.700. The summed E-state index contributed by atoms with van der Waals surface area (Å²) in [5.74, 6) is 0.696. The normalized spacial score (nSPS) is 21.4. The second-order valence-corrected chi connectivity index (χ2v) is 9.93. The highest BCUT2D eigenvalue weighted by Gasteiger charge is 2.37. The molecule has 1 fully saturated rings. The molecule has 0 amide bonds. The molecule has 0 unspecified atom stereocenters. The third kappa shape index (κ3) is 5.90. The van der Waals surface area contributed by atoms with Gasteiger partial charge in [0.05, 0.1) is 6.10 Å². The van der Waals surface area contributed by atoms with E-state index in [1.807, 2.05) is 0 Å². The van der Waals surface area contributed by atoms with Crippen LogP contribution >= 0.6 is 0 Å². The first-order valence-corrected chi connectivity index (χ1v) is 11.5. The first kappa shape index (κ1) is 20.6. The van der Waals surface area contributed by atoms with E-state index in [1.165, 1.54) is 24.0 Å². The molecule has 0 aromatic heterocycles. The molecule has 1 saturated carbocycles. The highest BCUT2D eigenvalue weighted by molar-refractivity contribution is 6.60. The van der Waals surface area contributed by atoms with E-state index in [0.717, 1.165) is 38.3 Å². The van der Waals surface area contributed by atoms with Crippen molar-refractivity contribution in [3.8, 4) is 0 Å². The van der Waals surface area contributed by atoms with Crippen LogP contribution in [-0.2, 0) is 24.4 Å². The summed E-state index contributed by atoms with van der Waals surface area (Å²) in [5.41, 5.74) is 2.91. The summed E-state index contributed by atoms with van der Waals surface area (Å²) in [4.78, 5) is 0. The zero-order valence-corrected chi connectivity index (χ0v) is 17.3. The second kappa shape index (κ2) is 10.4. The quantitative estimate of drug-likeness (QED) is 0.449. The van der Waals surface area contributed by atoms with Crippen molar-refractivity contribution < 1.29 is 18.0 Å². The zero-order valence-electron chi connectivity index (χ0n) is 16.3. The number of hydrogen-bond donors (Lipinski definition) is 0.